The normalized spacial score (nSPS) is 14.6. The van der Waals surface area contributed by atoms with Gasteiger partial charge in [0.15, 0.2) is 0 Å². The van der Waals surface area contributed by atoms with E-state index in [2.05, 4.69) is 262 Å². The lowest BCUT2D eigenvalue weighted by molar-refractivity contribution is 0.662. The van der Waals surface area contributed by atoms with Crippen LogP contribution in [0.25, 0.3) is 82.8 Å². The van der Waals surface area contributed by atoms with Crippen LogP contribution in [0.3, 0.4) is 0 Å². The van der Waals surface area contributed by atoms with Gasteiger partial charge >= 0.3 is 0 Å². The molecule has 0 saturated carbocycles. The van der Waals surface area contributed by atoms with Crippen LogP contribution in [0.2, 0.25) is 0 Å². The summed E-state index contributed by atoms with van der Waals surface area (Å²) in [6.45, 7) is 9.22. The maximum Gasteiger partial charge on any atom is 0.143 e. The quantitative estimate of drug-likeness (QED) is 0.158. The van der Waals surface area contributed by atoms with E-state index in [0.717, 1.165) is 55.4 Å². The molecule has 1 aromatic heterocycles. The van der Waals surface area contributed by atoms with Gasteiger partial charge in [-0.15, -0.1) is 0 Å². The zero-order chi connectivity index (χ0) is 46.7. The minimum absolute atomic E-state index is 0.133. The molecule has 0 bridgehead atoms. The first-order valence-electron chi connectivity index (χ1n) is 24.4. The summed E-state index contributed by atoms with van der Waals surface area (Å²) in [6, 6.07) is 80.1. The van der Waals surface area contributed by atoms with Crippen LogP contribution < -0.4 is 4.90 Å². The molecule has 0 amide bonds. The number of nitrogens with zero attached hydrogens (tertiary/aromatic N) is 1. The number of allylic oxidation sites excluding steroid dienone is 4. The van der Waals surface area contributed by atoms with E-state index < -0.39 is 5.41 Å². The Bertz CT molecular complexity index is 4020. The lowest BCUT2D eigenvalue weighted by Gasteiger charge is -2.32. The van der Waals surface area contributed by atoms with Gasteiger partial charge < -0.3 is 9.32 Å². The smallest absolute Gasteiger partial charge is 0.143 e. The van der Waals surface area contributed by atoms with E-state index in [0.29, 0.717) is 0 Å². The van der Waals surface area contributed by atoms with Crippen LogP contribution in [-0.4, -0.2) is 0 Å². The molecule has 3 aliphatic carbocycles. The van der Waals surface area contributed by atoms with Crippen LogP contribution in [0, 0.1) is 0 Å². The standard InChI is InChI=1S/C68H47NO/c1-4-47-51-21-8-13-28-59(51)68(60-29-14-9-22-52(60)53-23-10-15-30-61(53)68)62(47)40-41-69(46-36-32-44(33-37-46)49-25-17-26-55-54-24-7-12-27-58(54)67(2,3)65(49)55)63-31-16-11-19-48(63)45-35-39-64-57(42-45)56-38-34-43-18-5-6-20-50(43)66(56)70-64/h4-42H,1H2,2-3H3/b41-40+. The molecule has 1 spiro atoms. The highest BCUT2D eigenvalue weighted by molar-refractivity contribution is 6.15. The van der Waals surface area contributed by atoms with E-state index in [1.165, 1.54) is 77.7 Å². The van der Waals surface area contributed by atoms with Crippen molar-refractivity contribution < 1.29 is 4.42 Å². The largest absolute Gasteiger partial charge is 0.455 e. The Kier molecular flexibility index (Phi) is 8.73. The molecule has 11 aromatic rings. The van der Waals surface area contributed by atoms with Crippen molar-refractivity contribution in [2.75, 3.05) is 4.90 Å². The van der Waals surface area contributed by atoms with Crippen LogP contribution in [-0.2, 0) is 10.8 Å². The summed E-state index contributed by atoms with van der Waals surface area (Å²) in [4.78, 5) is 2.39. The average Bonchev–Trinajstić information content (AvgIpc) is 4.11. The number of rotatable bonds is 7. The molecular weight excluding hydrogens is 847 g/mol. The number of fused-ring (bicyclic) bond motifs is 15. The van der Waals surface area contributed by atoms with Gasteiger partial charge in [0.05, 0.1) is 11.1 Å². The van der Waals surface area contributed by atoms with Crippen molar-refractivity contribution in [3.63, 3.8) is 0 Å². The lowest BCUT2D eigenvalue weighted by Crippen LogP contribution is -2.27. The van der Waals surface area contributed by atoms with E-state index >= 15 is 0 Å². The average molecular weight is 894 g/mol. The summed E-state index contributed by atoms with van der Waals surface area (Å²) >= 11 is 0. The first-order valence-corrected chi connectivity index (χ1v) is 24.4. The van der Waals surface area contributed by atoms with Gasteiger partial charge in [0.2, 0.25) is 0 Å². The second kappa shape index (κ2) is 15.1. The molecule has 3 aliphatic rings. The maximum atomic E-state index is 6.61. The third-order valence-corrected chi connectivity index (χ3v) is 15.7. The van der Waals surface area contributed by atoms with Crippen molar-refractivity contribution in [3.05, 3.63) is 282 Å². The van der Waals surface area contributed by atoms with Crippen molar-refractivity contribution in [1.82, 2.24) is 0 Å². The molecule has 70 heavy (non-hydrogen) atoms. The summed E-state index contributed by atoms with van der Waals surface area (Å²) in [5, 5.41) is 4.51. The Morgan fingerprint density at radius 2 is 1.03 bits per heavy atom. The maximum absolute atomic E-state index is 6.61. The van der Waals surface area contributed by atoms with Gasteiger partial charge in [-0.1, -0.05) is 208 Å². The van der Waals surface area contributed by atoms with Gasteiger partial charge in [0, 0.05) is 39.0 Å². The minimum atomic E-state index is -0.533. The first kappa shape index (κ1) is 40.4. The molecule has 2 heteroatoms. The van der Waals surface area contributed by atoms with Crippen molar-refractivity contribution in [1.29, 1.82) is 0 Å². The summed E-state index contributed by atoms with van der Waals surface area (Å²) in [5.41, 5.74) is 23.4. The molecule has 330 valence electrons. The highest BCUT2D eigenvalue weighted by Gasteiger charge is 2.51. The van der Waals surface area contributed by atoms with Crippen molar-refractivity contribution in [2.45, 2.75) is 24.7 Å². The molecule has 0 fully saturated rings. The Hall–Kier alpha value is -8.72. The summed E-state index contributed by atoms with van der Waals surface area (Å²) in [7, 11) is 0. The lowest BCUT2D eigenvalue weighted by atomic mass is 9.69. The van der Waals surface area contributed by atoms with Crippen molar-refractivity contribution >= 4 is 49.7 Å². The molecular formula is C68H47NO. The highest BCUT2D eigenvalue weighted by atomic mass is 16.3. The number of hydrogen-bond acceptors (Lipinski definition) is 2. The SMILES string of the molecule is C=CC1=C(/C=C/N(c2ccc(-c3cccc4c3C(C)(C)c3ccccc3-4)cc2)c2ccccc2-c2ccc3oc4c5ccccc5ccc4c3c2)C2(c3ccccc31)c1ccccc1-c1ccccc12. The number of benzene rings is 10. The second-order valence-electron chi connectivity index (χ2n) is 19.5. The second-order valence-corrected chi connectivity index (χ2v) is 19.5. The third kappa shape index (κ3) is 5.56. The Balaban J connectivity index is 0.965. The van der Waals surface area contributed by atoms with E-state index in [4.69, 9.17) is 4.42 Å². The number of hydrogen-bond donors (Lipinski definition) is 0. The molecule has 0 unspecified atom stereocenters. The zero-order valence-corrected chi connectivity index (χ0v) is 39.1. The van der Waals surface area contributed by atoms with Gasteiger partial charge in [0.1, 0.15) is 11.2 Å². The highest BCUT2D eigenvalue weighted by Crippen LogP contribution is 2.62. The predicted molar refractivity (Wildman–Crippen MR) is 293 cm³/mol. The molecule has 14 rings (SSSR count). The molecule has 1 heterocycles. The zero-order valence-electron chi connectivity index (χ0n) is 39.1. The van der Waals surface area contributed by atoms with Gasteiger partial charge in [-0.2, -0.15) is 0 Å². The van der Waals surface area contributed by atoms with Crippen LogP contribution >= 0.6 is 0 Å². The van der Waals surface area contributed by atoms with Gasteiger partial charge in [-0.25, -0.2) is 0 Å². The molecule has 10 aromatic carbocycles. The third-order valence-electron chi connectivity index (χ3n) is 15.7. The Morgan fingerprint density at radius 3 is 1.76 bits per heavy atom. The molecule has 0 aliphatic heterocycles. The minimum Gasteiger partial charge on any atom is -0.455 e. The predicted octanol–water partition coefficient (Wildman–Crippen LogP) is 18.0. The van der Waals surface area contributed by atoms with Crippen LogP contribution in [0.1, 0.15) is 47.2 Å². The molecule has 0 N–H and O–H groups in total. The topological polar surface area (TPSA) is 16.4 Å². The van der Waals surface area contributed by atoms with E-state index in [9.17, 15) is 0 Å². The van der Waals surface area contributed by atoms with Crippen molar-refractivity contribution in [3.8, 4) is 44.5 Å². The molecule has 2 nitrogen and oxygen atoms in total. The Labute approximate surface area is 408 Å². The number of para-hydroxylation sites is 1. The van der Waals surface area contributed by atoms with Crippen LogP contribution in [0.5, 0.6) is 0 Å². The van der Waals surface area contributed by atoms with E-state index in [-0.39, 0.29) is 5.41 Å². The fourth-order valence-electron chi connectivity index (χ4n) is 12.7. The van der Waals surface area contributed by atoms with E-state index in [1.807, 2.05) is 0 Å². The van der Waals surface area contributed by atoms with Gasteiger partial charge in [-0.3, -0.25) is 0 Å². The summed E-state index contributed by atoms with van der Waals surface area (Å²) in [5.74, 6) is 0. The first-order chi connectivity index (χ1) is 34.4. The van der Waals surface area contributed by atoms with Crippen LogP contribution in [0.15, 0.2) is 253 Å². The van der Waals surface area contributed by atoms with Crippen molar-refractivity contribution in [2.24, 2.45) is 0 Å². The summed E-state index contributed by atoms with van der Waals surface area (Å²) in [6.07, 6.45) is 6.75. The number of anilines is 2. The monoisotopic (exact) mass is 893 g/mol. The Morgan fingerprint density at radius 1 is 0.457 bits per heavy atom. The fourth-order valence-corrected chi connectivity index (χ4v) is 12.7. The molecule has 0 saturated heterocycles. The van der Waals surface area contributed by atoms with Crippen LogP contribution in [0.4, 0.5) is 11.4 Å². The van der Waals surface area contributed by atoms with E-state index in [1.54, 1.807) is 0 Å². The number of furan rings is 1. The van der Waals surface area contributed by atoms with Gasteiger partial charge in [0.25, 0.3) is 0 Å². The summed E-state index contributed by atoms with van der Waals surface area (Å²) < 4.78 is 6.61. The molecule has 0 radical (unpaired) electrons. The van der Waals surface area contributed by atoms with Gasteiger partial charge in [-0.05, 0) is 131 Å². The molecule has 0 atom stereocenters. The fraction of sp³-hybridized carbons (Fsp3) is 0.0588.